The number of rotatable bonds is 7. The second-order valence-corrected chi connectivity index (χ2v) is 6.89. The Hall–Kier alpha value is -1.46. The second kappa shape index (κ2) is 9.14. The molecule has 0 spiro atoms. The van der Waals surface area contributed by atoms with Crippen LogP contribution in [0.5, 0.6) is 0 Å². The first kappa shape index (κ1) is 17.4. The van der Waals surface area contributed by atoms with Crippen molar-refractivity contribution in [2.24, 2.45) is 0 Å². The van der Waals surface area contributed by atoms with Crippen molar-refractivity contribution in [3.8, 4) is 0 Å². The van der Waals surface area contributed by atoms with Crippen molar-refractivity contribution >= 4 is 5.91 Å². The van der Waals surface area contributed by atoms with E-state index < -0.39 is 0 Å². The van der Waals surface area contributed by atoms with Gasteiger partial charge in [0.25, 0.3) is 5.91 Å². The Bertz CT molecular complexity index is 495. The number of hydrogen-bond acceptors (Lipinski definition) is 4. The largest absolute Gasteiger partial charge is 0.378 e. The molecule has 3 rings (SSSR count). The van der Waals surface area contributed by atoms with Crippen LogP contribution in [0, 0.1) is 0 Å². The maximum atomic E-state index is 12.4. The number of amides is 1. The van der Waals surface area contributed by atoms with Crippen molar-refractivity contribution in [2.45, 2.75) is 57.1 Å². The number of nitrogens with zero attached hydrogens (tertiary/aromatic N) is 2. The van der Waals surface area contributed by atoms with Gasteiger partial charge in [-0.15, -0.1) is 0 Å². The molecule has 0 bridgehead atoms. The number of nitrogens with one attached hydrogen (secondary N) is 1. The van der Waals surface area contributed by atoms with Gasteiger partial charge < -0.3 is 15.0 Å². The summed E-state index contributed by atoms with van der Waals surface area (Å²) >= 11 is 0. The highest BCUT2D eigenvalue weighted by molar-refractivity contribution is 5.93. The highest BCUT2D eigenvalue weighted by Gasteiger charge is 2.23. The topological polar surface area (TPSA) is 54.5 Å². The van der Waals surface area contributed by atoms with Crippen LogP contribution in [0.3, 0.4) is 0 Å². The molecule has 132 valence electrons. The fourth-order valence-electron chi connectivity index (χ4n) is 3.63. The van der Waals surface area contributed by atoms with Crippen LogP contribution in [-0.4, -0.2) is 54.2 Å². The van der Waals surface area contributed by atoms with E-state index in [2.05, 4.69) is 10.3 Å². The van der Waals surface area contributed by atoms with Crippen molar-refractivity contribution in [3.63, 3.8) is 0 Å². The van der Waals surface area contributed by atoms with Gasteiger partial charge in [-0.3, -0.25) is 9.78 Å². The lowest BCUT2D eigenvalue weighted by molar-refractivity contribution is 0.0704. The Morgan fingerprint density at radius 3 is 2.88 bits per heavy atom. The third kappa shape index (κ3) is 5.02. The number of unbranched alkanes of at least 4 members (excludes halogenated alkanes) is 1. The van der Waals surface area contributed by atoms with E-state index in [4.69, 9.17) is 4.74 Å². The van der Waals surface area contributed by atoms with Crippen LogP contribution in [0.15, 0.2) is 24.5 Å². The van der Waals surface area contributed by atoms with Crippen molar-refractivity contribution in [1.29, 1.82) is 0 Å². The molecule has 1 amide bonds. The summed E-state index contributed by atoms with van der Waals surface area (Å²) in [6.45, 7) is 3.70. The molecule has 24 heavy (non-hydrogen) atoms. The van der Waals surface area contributed by atoms with Crippen molar-refractivity contribution < 1.29 is 9.53 Å². The van der Waals surface area contributed by atoms with Crippen LogP contribution in [0.2, 0.25) is 0 Å². The molecule has 2 aliphatic heterocycles. The van der Waals surface area contributed by atoms with Gasteiger partial charge in [-0.05, 0) is 63.6 Å². The second-order valence-electron chi connectivity index (χ2n) is 6.89. The molecule has 5 heteroatoms. The highest BCUT2D eigenvalue weighted by atomic mass is 16.5. The molecule has 1 N–H and O–H groups in total. The van der Waals surface area contributed by atoms with Crippen LogP contribution in [0.4, 0.5) is 0 Å². The number of aromatic nitrogens is 1. The maximum Gasteiger partial charge on any atom is 0.255 e. The quantitative estimate of drug-likeness (QED) is 0.781. The van der Waals surface area contributed by atoms with E-state index >= 15 is 0 Å². The lowest BCUT2D eigenvalue weighted by Gasteiger charge is -2.32. The third-order valence-electron chi connectivity index (χ3n) is 5.10. The zero-order valence-electron chi connectivity index (χ0n) is 14.5. The summed E-state index contributed by atoms with van der Waals surface area (Å²) in [5, 5.41) is 3.66. The van der Waals surface area contributed by atoms with E-state index in [1.54, 1.807) is 12.4 Å². The number of pyridine rings is 1. The minimum atomic E-state index is 0.109. The Labute approximate surface area is 144 Å². The minimum Gasteiger partial charge on any atom is -0.378 e. The normalized spacial score (nSPS) is 22.0. The molecule has 3 heterocycles. The summed E-state index contributed by atoms with van der Waals surface area (Å²) in [5.74, 6) is 0.109. The summed E-state index contributed by atoms with van der Waals surface area (Å²) in [4.78, 5) is 18.4. The van der Waals surface area contributed by atoms with E-state index in [-0.39, 0.29) is 5.91 Å². The van der Waals surface area contributed by atoms with E-state index in [0.717, 1.165) is 39.1 Å². The smallest absolute Gasteiger partial charge is 0.255 e. The van der Waals surface area contributed by atoms with E-state index in [0.29, 0.717) is 17.7 Å². The molecule has 0 radical (unpaired) electrons. The molecule has 0 aliphatic carbocycles. The van der Waals surface area contributed by atoms with Crippen molar-refractivity contribution in [2.75, 3.05) is 26.2 Å². The first-order valence-electron chi connectivity index (χ1n) is 9.37. The number of carbonyl (C=O) groups excluding carboxylic acids is 1. The minimum absolute atomic E-state index is 0.109. The van der Waals surface area contributed by atoms with E-state index in [9.17, 15) is 4.79 Å². The Kier molecular flexibility index (Phi) is 6.61. The zero-order valence-corrected chi connectivity index (χ0v) is 14.5. The molecule has 1 aromatic rings. The van der Waals surface area contributed by atoms with Gasteiger partial charge in [0.2, 0.25) is 0 Å². The van der Waals surface area contributed by atoms with E-state index in [1.165, 1.54) is 32.1 Å². The average Bonchev–Trinajstić information content (AvgIpc) is 3.16. The lowest BCUT2D eigenvalue weighted by Crippen LogP contribution is -2.45. The summed E-state index contributed by atoms with van der Waals surface area (Å²) in [5.41, 5.74) is 0.693. The molecule has 5 nitrogen and oxygen atoms in total. The van der Waals surface area contributed by atoms with Crippen LogP contribution in [0.1, 0.15) is 55.3 Å². The number of piperidine rings is 1. The zero-order chi connectivity index (χ0) is 16.6. The molecule has 0 aromatic carbocycles. The molecule has 2 fully saturated rings. The number of carbonyl (C=O) groups is 1. The Morgan fingerprint density at radius 2 is 2.17 bits per heavy atom. The molecule has 2 aliphatic rings. The van der Waals surface area contributed by atoms with Gasteiger partial charge in [0.05, 0.1) is 11.7 Å². The lowest BCUT2D eigenvalue weighted by atomic mass is 10.0. The van der Waals surface area contributed by atoms with Gasteiger partial charge in [-0.25, -0.2) is 0 Å². The summed E-state index contributed by atoms with van der Waals surface area (Å²) in [6.07, 6.45) is 12.1. The molecule has 0 saturated carbocycles. The third-order valence-corrected chi connectivity index (χ3v) is 5.10. The first-order valence-corrected chi connectivity index (χ1v) is 9.37. The van der Waals surface area contributed by atoms with Crippen LogP contribution < -0.4 is 5.32 Å². The molecule has 1 aromatic heterocycles. The summed E-state index contributed by atoms with van der Waals surface area (Å²) in [7, 11) is 0. The van der Waals surface area contributed by atoms with Crippen LogP contribution in [0.25, 0.3) is 0 Å². The van der Waals surface area contributed by atoms with Gasteiger partial charge >= 0.3 is 0 Å². The monoisotopic (exact) mass is 331 g/mol. The van der Waals surface area contributed by atoms with Crippen LogP contribution >= 0.6 is 0 Å². The van der Waals surface area contributed by atoms with Gasteiger partial charge in [0, 0.05) is 38.1 Å². The average molecular weight is 331 g/mol. The fraction of sp³-hybridized carbons (Fsp3) is 0.684. The van der Waals surface area contributed by atoms with Gasteiger partial charge in [-0.2, -0.15) is 0 Å². The van der Waals surface area contributed by atoms with Crippen LogP contribution in [-0.2, 0) is 4.74 Å². The number of likely N-dealkylation sites (tertiary alicyclic amines) is 1. The van der Waals surface area contributed by atoms with Gasteiger partial charge in [0.1, 0.15) is 0 Å². The van der Waals surface area contributed by atoms with Gasteiger partial charge in [-0.1, -0.05) is 0 Å². The SMILES string of the molecule is O=C(c1cccnc1)N1CCC(NCCCCC2CCCO2)CC1. The molecule has 1 atom stereocenters. The fourth-order valence-corrected chi connectivity index (χ4v) is 3.63. The Balaban J connectivity index is 1.28. The molecule has 1 unspecified atom stereocenters. The number of ether oxygens (including phenoxy) is 1. The molecular weight excluding hydrogens is 302 g/mol. The highest BCUT2D eigenvalue weighted by Crippen LogP contribution is 2.18. The predicted molar refractivity (Wildman–Crippen MR) is 94.0 cm³/mol. The summed E-state index contributed by atoms with van der Waals surface area (Å²) < 4.78 is 5.66. The standard InChI is InChI=1S/C19H29N3O2/c23-19(16-5-3-10-20-15-16)22-12-8-17(9-13-22)21-11-2-1-6-18-7-4-14-24-18/h3,5,10,15,17-18,21H,1-2,4,6-9,11-14H2. The van der Waals surface area contributed by atoms with Gasteiger partial charge in [0.15, 0.2) is 0 Å². The summed E-state index contributed by atoms with van der Waals surface area (Å²) in [6, 6.07) is 4.21. The predicted octanol–water partition coefficient (Wildman–Crippen LogP) is 2.63. The molecule has 2 saturated heterocycles. The maximum absolute atomic E-state index is 12.4. The Morgan fingerprint density at radius 1 is 1.29 bits per heavy atom. The number of hydrogen-bond donors (Lipinski definition) is 1. The van der Waals surface area contributed by atoms with Crippen molar-refractivity contribution in [3.05, 3.63) is 30.1 Å². The van der Waals surface area contributed by atoms with Crippen molar-refractivity contribution in [1.82, 2.24) is 15.2 Å². The first-order chi connectivity index (χ1) is 11.8. The van der Waals surface area contributed by atoms with E-state index in [1.807, 2.05) is 17.0 Å². The molecular formula is C19H29N3O2.